The maximum absolute atomic E-state index is 12.5. The molecule has 1 saturated heterocycles. The number of halogens is 1. The number of nitrogens with zero attached hydrogens (tertiary/aromatic N) is 3. The minimum absolute atomic E-state index is 0.228. The molecule has 0 aliphatic carbocycles. The predicted octanol–water partition coefficient (Wildman–Crippen LogP) is 3.70. The number of benzene rings is 1. The highest BCUT2D eigenvalue weighted by atomic mass is 35.5. The largest absolute Gasteiger partial charge is 0.465 e. The topological polar surface area (TPSA) is 73.1 Å². The summed E-state index contributed by atoms with van der Waals surface area (Å²) < 4.78 is 11.6. The highest BCUT2D eigenvalue weighted by Crippen LogP contribution is 2.33. The second-order valence-electron chi connectivity index (χ2n) is 6.73. The normalized spacial score (nSPS) is 14.5. The number of carbonyl (C=O) groups excluding carboxylic acids is 2. The molecule has 7 nitrogen and oxygen atoms in total. The maximum Gasteiger partial charge on any atom is 0.355 e. The third-order valence-corrected chi connectivity index (χ3v) is 5.31. The van der Waals surface area contributed by atoms with Crippen LogP contribution in [-0.4, -0.2) is 48.6 Å². The van der Waals surface area contributed by atoms with Crippen molar-refractivity contribution in [2.24, 2.45) is 0 Å². The van der Waals surface area contributed by atoms with Gasteiger partial charge in [0.1, 0.15) is 11.2 Å². The Labute approximate surface area is 166 Å². The summed E-state index contributed by atoms with van der Waals surface area (Å²) in [6.07, 6.45) is 3.25. The van der Waals surface area contributed by atoms with Crippen molar-refractivity contribution in [1.29, 1.82) is 0 Å². The van der Waals surface area contributed by atoms with Crippen LogP contribution in [0.25, 0.3) is 16.6 Å². The standard InChI is InChI=1S/C20H20ClN3O4/c1-27-19(25)13-11-16(20(26)28-2)24-15-10-12(21)6-7-14(15)22-18(17(13)24)23-8-4-3-5-9-23/h6-7,10-11H,3-5,8-9H2,1-2H3. The molecule has 0 N–H and O–H groups in total. The number of hydrogen-bond acceptors (Lipinski definition) is 6. The zero-order valence-corrected chi connectivity index (χ0v) is 16.5. The summed E-state index contributed by atoms with van der Waals surface area (Å²) in [6.45, 7) is 1.67. The second kappa shape index (κ2) is 7.31. The zero-order valence-electron chi connectivity index (χ0n) is 15.7. The van der Waals surface area contributed by atoms with Gasteiger partial charge in [-0.2, -0.15) is 0 Å². The number of piperidine rings is 1. The number of hydrogen-bond donors (Lipinski definition) is 0. The first-order chi connectivity index (χ1) is 13.5. The van der Waals surface area contributed by atoms with Gasteiger partial charge < -0.3 is 14.4 Å². The number of aromatic nitrogens is 2. The molecule has 8 heteroatoms. The molecule has 2 aromatic heterocycles. The molecule has 1 fully saturated rings. The van der Waals surface area contributed by atoms with Gasteiger partial charge in [0.05, 0.1) is 30.8 Å². The fourth-order valence-corrected chi connectivity index (χ4v) is 3.93. The van der Waals surface area contributed by atoms with Crippen LogP contribution in [0.3, 0.4) is 0 Å². The molecule has 146 valence electrons. The lowest BCUT2D eigenvalue weighted by Gasteiger charge is -2.29. The lowest BCUT2D eigenvalue weighted by molar-refractivity contribution is 0.0593. The Balaban J connectivity index is 2.15. The van der Waals surface area contributed by atoms with Crippen LogP contribution in [0.15, 0.2) is 24.3 Å². The smallest absolute Gasteiger partial charge is 0.355 e. The van der Waals surface area contributed by atoms with E-state index >= 15 is 0 Å². The number of rotatable bonds is 3. The van der Waals surface area contributed by atoms with Gasteiger partial charge in [-0.05, 0) is 43.5 Å². The Morgan fingerprint density at radius 3 is 2.43 bits per heavy atom. The van der Waals surface area contributed by atoms with Gasteiger partial charge in [-0.3, -0.25) is 4.40 Å². The molecule has 0 radical (unpaired) electrons. The third-order valence-electron chi connectivity index (χ3n) is 5.07. The minimum atomic E-state index is -0.553. The SMILES string of the molecule is COC(=O)c1cc(C(=O)OC)n2c1c(N1CCCCC1)nc1ccc(Cl)cc12. The van der Waals surface area contributed by atoms with Gasteiger partial charge in [0.15, 0.2) is 5.82 Å². The van der Waals surface area contributed by atoms with Gasteiger partial charge in [-0.15, -0.1) is 0 Å². The first-order valence-corrected chi connectivity index (χ1v) is 9.49. The van der Waals surface area contributed by atoms with Crippen LogP contribution in [0.4, 0.5) is 5.82 Å². The summed E-state index contributed by atoms with van der Waals surface area (Å²) in [4.78, 5) is 32.0. The van der Waals surface area contributed by atoms with Crippen LogP contribution >= 0.6 is 11.6 Å². The first-order valence-electron chi connectivity index (χ1n) is 9.11. The number of fused-ring (bicyclic) bond motifs is 3. The molecule has 4 rings (SSSR count). The number of anilines is 1. The number of methoxy groups -OCH3 is 2. The van der Waals surface area contributed by atoms with E-state index in [-0.39, 0.29) is 11.3 Å². The van der Waals surface area contributed by atoms with Crippen molar-refractivity contribution < 1.29 is 19.1 Å². The Kier molecular flexibility index (Phi) is 4.85. The van der Waals surface area contributed by atoms with Gasteiger partial charge in [-0.25, -0.2) is 14.6 Å². The predicted molar refractivity (Wildman–Crippen MR) is 106 cm³/mol. The highest BCUT2D eigenvalue weighted by molar-refractivity contribution is 6.31. The Morgan fingerprint density at radius 2 is 1.75 bits per heavy atom. The van der Waals surface area contributed by atoms with E-state index in [1.54, 1.807) is 16.5 Å². The van der Waals surface area contributed by atoms with Crippen LogP contribution in [-0.2, 0) is 9.47 Å². The fraction of sp³-hybridized carbons (Fsp3) is 0.350. The fourth-order valence-electron chi connectivity index (χ4n) is 3.77. The summed E-state index contributed by atoms with van der Waals surface area (Å²) in [5, 5.41) is 0.505. The molecule has 0 atom stereocenters. The van der Waals surface area contributed by atoms with Gasteiger partial charge in [-0.1, -0.05) is 11.6 Å². The summed E-state index contributed by atoms with van der Waals surface area (Å²) in [6, 6.07) is 6.79. The minimum Gasteiger partial charge on any atom is -0.465 e. The van der Waals surface area contributed by atoms with Crippen molar-refractivity contribution in [1.82, 2.24) is 9.38 Å². The lowest BCUT2D eigenvalue weighted by Crippen LogP contribution is -2.31. The quantitative estimate of drug-likeness (QED) is 0.623. The molecule has 1 aromatic carbocycles. The monoisotopic (exact) mass is 401 g/mol. The zero-order chi connectivity index (χ0) is 19.8. The summed E-state index contributed by atoms with van der Waals surface area (Å²) in [7, 11) is 2.62. The van der Waals surface area contributed by atoms with Crippen molar-refractivity contribution in [2.45, 2.75) is 19.3 Å². The molecule has 0 unspecified atom stereocenters. The summed E-state index contributed by atoms with van der Waals surface area (Å²) in [5.74, 6) is -0.429. The van der Waals surface area contributed by atoms with E-state index in [0.717, 1.165) is 32.4 Å². The molecular weight excluding hydrogens is 382 g/mol. The first kappa shape index (κ1) is 18.6. The van der Waals surface area contributed by atoms with Crippen LogP contribution in [0.2, 0.25) is 5.02 Å². The van der Waals surface area contributed by atoms with Crippen molar-refractivity contribution in [3.8, 4) is 0 Å². The molecule has 0 amide bonds. The number of carbonyl (C=O) groups is 2. The summed E-state index contributed by atoms with van der Waals surface area (Å²) >= 11 is 6.21. The van der Waals surface area contributed by atoms with Gasteiger partial charge in [0, 0.05) is 18.1 Å². The van der Waals surface area contributed by atoms with Crippen molar-refractivity contribution >= 4 is 45.9 Å². The average molecular weight is 402 g/mol. The van der Waals surface area contributed by atoms with Gasteiger partial charge in [0.25, 0.3) is 0 Å². The molecule has 0 saturated carbocycles. The molecule has 3 heterocycles. The van der Waals surface area contributed by atoms with E-state index < -0.39 is 11.9 Å². The van der Waals surface area contributed by atoms with Gasteiger partial charge >= 0.3 is 11.9 Å². The number of esters is 2. The molecule has 28 heavy (non-hydrogen) atoms. The number of ether oxygens (including phenoxy) is 2. The van der Waals surface area contributed by atoms with E-state index in [4.69, 9.17) is 26.1 Å². The van der Waals surface area contributed by atoms with E-state index in [2.05, 4.69) is 4.90 Å². The highest BCUT2D eigenvalue weighted by Gasteiger charge is 2.28. The van der Waals surface area contributed by atoms with E-state index in [9.17, 15) is 9.59 Å². The van der Waals surface area contributed by atoms with Crippen LogP contribution in [0.5, 0.6) is 0 Å². The maximum atomic E-state index is 12.5. The molecule has 3 aromatic rings. The Hall–Kier alpha value is -2.80. The van der Waals surface area contributed by atoms with Crippen molar-refractivity contribution in [3.63, 3.8) is 0 Å². The van der Waals surface area contributed by atoms with Crippen LogP contribution < -0.4 is 4.90 Å². The van der Waals surface area contributed by atoms with Crippen molar-refractivity contribution in [2.75, 3.05) is 32.2 Å². The third kappa shape index (κ3) is 2.96. The Bertz CT molecular complexity index is 1090. The lowest BCUT2D eigenvalue weighted by atomic mass is 10.1. The molecule has 1 aliphatic rings. The van der Waals surface area contributed by atoms with E-state index in [1.807, 2.05) is 6.07 Å². The average Bonchev–Trinajstić information content (AvgIpc) is 3.13. The Morgan fingerprint density at radius 1 is 1.04 bits per heavy atom. The van der Waals surface area contributed by atoms with E-state index in [1.165, 1.54) is 20.3 Å². The molecule has 0 bridgehead atoms. The van der Waals surface area contributed by atoms with Crippen LogP contribution in [0.1, 0.15) is 40.1 Å². The second-order valence-corrected chi connectivity index (χ2v) is 7.16. The molecule has 1 aliphatic heterocycles. The summed E-state index contributed by atoms with van der Waals surface area (Å²) in [5.41, 5.74) is 2.33. The molecule has 0 spiro atoms. The van der Waals surface area contributed by atoms with Gasteiger partial charge in [0.2, 0.25) is 0 Å². The molecular formula is C20H20ClN3O4. The van der Waals surface area contributed by atoms with E-state index in [0.29, 0.717) is 27.4 Å². The van der Waals surface area contributed by atoms with Crippen molar-refractivity contribution in [3.05, 3.63) is 40.5 Å². The van der Waals surface area contributed by atoms with Crippen LogP contribution in [0, 0.1) is 0 Å².